The first-order valence-electron chi connectivity index (χ1n) is 8.71. The van der Waals surface area contributed by atoms with Gasteiger partial charge < -0.3 is 5.32 Å². The van der Waals surface area contributed by atoms with Gasteiger partial charge in [0.1, 0.15) is 0 Å². The fourth-order valence-corrected chi connectivity index (χ4v) is 4.50. The molecule has 2 rings (SSSR count). The van der Waals surface area contributed by atoms with Gasteiger partial charge in [-0.25, -0.2) is 13.1 Å². The molecular formula is C20H26N2O3S2. The Bertz CT molecular complexity index is 892. The highest BCUT2D eigenvalue weighted by atomic mass is 32.2. The van der Waals surface area contributed by atoms with Gasteiger partial charge in [0, 0.05) is 23.0 Å². The van der Waals surface area contributed by atoms with Crippen molar-refractivity contribution in [1.29, 1.82) is 0 Å². The normalized spacial score (nSPS) is 11.6. The fourth-order valence-electron chi connectivity index (χ4n) is 2.62. The third-order valence-corrected chi connectivity index (χ3v) is 6.21. The second-order valence-corrected chi connectivity index (χ2v) is 9.35. The van der Waals surface area contributed by atoms with Crippen LogP contribution in [-0.2, 0) is 22.3 Å². The monoisotopic (exact) mass is 406 g/mol. The van der Waals surface area contributed by atoms with Gasteiger partial charge in [-0.15, -0.1) is 11.8 Å². The Morgan fingerprint density at radius 3 is 2.30 bits per heavy atom. The van der Waals surface area contributed by atoms with E-state index in [1.165, 1.54) is 0 Å². The van der Waals surface area contributed by atoms with E-state index in [4.69, 9.17) is 0 Å². The molecule has 0 heterocycles. The summed E-state index contributed by atoms with van der Waals surface area (Å²) < 4.78 is 26.5. The highest BCUT2D eigenvalue weighted by molar-refractivity contribution is 7.98. The summed E-state index contributed by atoms with van der Waals surface area (Å²) in [6.07, 6.45) is 1.98. The molecule has 27 heavy (non-hydrogen) atoms. The molecule has 5 nitrogen and oxygen atoms in total. The molecule has 2 aromatic carbocycles. The maximum Gasteiger partial charge on any atom is 0.251 e. The molecule has 0 bridgehead atoms. The second kappa shape index (κ2) is 9.39. The molecule has 1 amide bonds. The quantitative estimate of drug-likeness (QED) is 0.658. The molecular weight excluding hydrogens is 380 g/mol. The largest absolute Gasteiger partial charge is 0.348 e. The van der Waals surface area contributed by atoms with Crippen LogP contribution in [-0.4, -0.2) is 26.6 Å². The van der Waals surface area contributed by atoms with Crippen LogP contribution in [0.3, 0.4) is 0 Å². The number of sulfonamides is 1. The van der Waals surface area contributed by atoms with Crippen molar-refractivity contribution in [2.24, 2.45) is 0 Å². The summed E-state index contributed by atoms with van der Waals surface area (Å²) in [6, 6.07) is 12.9. The zero-order chi connectivity index (χ0) is 20.0. The lowest BCUT2D eigenvalue weighted by Gasteiger charge is -2.11. The third-order valence-electron chi connectivity index (χ3n) is 3.94. The van der Waals surface area contributed by atoms with Crippen molar-refractivity contribution in [3.63, 3.8) is 0 Å². The van der Waals surface area contributed by atoms with E-state index in [-0.39, 0.29) is 17.7 Å². The number of carbonyl (C=O) groups excluding carboxylic acids is 1. The molecule has 0 aliphatic heterocycles. The number of hydrogen-bond acceptors (Lipinski definition) is 4. The van der Waals surface area contributed by atoms with Crippen molar-refractivity contribution in [3.05, 3.63) is 64.7 Å². The van der Waals surface area contributed by atoms with Gasteiger partial charge in [0.25, 0.3) is 5.91 Å². The highest BCUT2D eigenvalue weighted by Crippen LogP contribution is 2.19. The summed E-state index contributed by atoms with van der Waals surface area (Å²) in [4.78, 5) is 13.5. The molecule has 0 aliphatic rings. The number of benzene rings is 2. The van der Waals surface area contributed by atoms with Crippen molar-refractivity contribution in [3.8, 4) is 0 Å². The Kier molecular flexibility index (Phi) is 7.47. The van der Waals surface area contributed by atoms with Crippen LogP contribution in [0.25, 0.3) is 0 Å². The van der Waals surface area contributed by atoms with E-state index in [9.17, 15) is 13.2 Å². The van der Waals surface area contributed by atoms with Gasteiger partial charge >= 0.3 is 0 Å². The summed E-state index contributed by atoms with van der Waals surface area (Å²) in [5.74, 6) is -0.172. The lowest BCUT2D eigenvalue weighted by atomic mass is 10.1. The Hall–Kier alpha value is -1.83. The number of thioether (sulfide) groups is 1. The van der Waals surface area contributed by atoms with Gasteiger partial charge in [-0.2, -0.15) is 0 Å². The van der Waals surface area contributed by atoms with Crippen LogP contribution in [0.2, 0.25) is 0 Å². The van der Waals surface area contributed by atoms with E-state index in [1.807, 2.05) is 43.5 Å². The second-order valence-electron chi connectivity index (χ2n) is 6.71. The van der Waals surface area contributed by atoms with Crippen LogP contribution >= 0.6 is 11.8 Å². The Morgan fingerprint density at radius 2 is 1.70 bits per heavy atom. The zero-order valence-corrected chi connectivity index (χ0v) is 17.7. The zero-order valence-electron chi connectivity index (χ0n) is 16.1. The SMILES string of the molecule is CSc1ccc(C)c(C(=O)NCc2ccc(CS(=O)(=O)NC(C)C)cc2)c1. The number of rotatable bonds is 8. The summed E-state index contributed by atoms with van der Waals surface area (Å²) in [7, 11) is -3.34. The van der Waals surface area contributed by atoms with Gasteiger partial charge in [-0.1, -0.05) is 30.3 Å². The maximum atomic E-state index is 12.5. The standard InChI is InChI=1S/C20H26N2O3S2/c1-14(2)22-27(24,25)13-17-8-6-16(7-9-17)12-21-20(23)19-11-18(26-4)10-5-15(19)3/h5-11,14,22H,12-13H2,1-4H3,(H,21,23). The van der Waals surface area contributed by atoms with E-state index in [0.717, 1.165) is 16.0 Å². The van der Waals surface area contributed by atoms with Gasteiger partial charge in [-0.05, 0) is 55.9 Å². The molecule has 2 aromatic rings. The average molecular weight is 407 g/mol. The predicted octanol–water partition coefficient (Wildman–Crippen LogP) is 3.47. The van der Waals surface area contributed by atoms with E-state index in [1.54, 1.807) is 37.7 Å². The molecule has 146 valence electrons. The number of amides is 1. The van der Waals surface area contributed by atoms with Crippen molar-refractivity contribution >= 4 is 27.7 Å². The Labute approximate surface area is 166 Å². The van der Waals surface area contributed by atoms with Crippen LogP contribution in [0.15, 0.2) is 47.4 Å². The molecule has 0 unspecified atom stereocenters. The highest BCUT2D eigenvalue weighted by Gasteiger charge is 2.13. The molecule has 0 atom stereocenters. The van der Waals surface area contributed by atoms with Crippen molar-refractivity contribution in [2.75, 3.05) is 6.26 Å². The minimum atomic E-state index is -3.34. The summed E-state index contributed by atoms with van der Waals surface area (Å²) in [6.45, 7) is 5.89. The van der Waals surface area contributed by atoms with Crippen molar-refractivity contribution in [2.45, 2.75) is 44.0 Å². The first kappa shape index (κ1) is 21.5. The van der Waals surface area contributed by atoms with Gasteiger partial charge in [0.05, 0.1) is 5.75 Å². The maximum absolute atomic E-state index is 12.5. The van der Waals surface area contributed by atoms with Crippen molar-refractivity contribution < 1.29 is 13.2 Å². The average Bonchev–Trinajstić information content (AvgIpc) is 2.59. The lowest BCUT2D eigenvalue weighted by Crippen LogP contribution is -2.31. The third kappa shape index (κ3) is 6.68. The number of nitrogens with one attached hydrogen (secondary N) is 2. The summed E-state index contributed by atoms with van der Waals surface area (Å²) >= 11 is 1.60. The lowest BCUT2D eigenvalue weighted by molar-refractivity contribution is 0.0950. The molecule has 0 radical (unpaired) electrons. The summed E-state index contributed by atoms with van der Waals surface area (Å²) in [5, 5.41) is 2.92. The topological polar surface area (TPSA) is 75.3 Å². The van der Waals surface area contributed by atoms with E-state index in [0.29, 0.717) is 17.7 Å². The van der Waals surface area contributed by atoms with Gasteiger partial charge in [-0.3, -0.25) is 4.79 Å². The molecule has 0 saturated heterocycles. The van der Waals surface area contributed by atoms with Gasteiger partial charge in [0.15, 0.2) is 0 Å². The van der Waals surface area contributed by atoms with Gasteiger partial charge in [0.2, 0.25) is 10.0 Å². The van der Waals surface area contributed by atoms with E-state index >= 15 is 0 Å². The Morgan fingerprint density at radius 1 is 1.07 bits per heavy atom. The van der Waals surface area contributed by atoms with Crippen LogP contribution in [0.1, 0.15) is 40.9 Å². The van der Waals surface area contributed by atoms with Crippen molar-refractivity contribution in [1.82, 2.24) is 10.0 Å². The number of carbonyl (C=O) groups is 1. The molecule has 0 saturated carbocycles. The fraction of sp³-hybridized carbons (Fsp3) is 0.350. The molecule has 2 N–H and O–H groups in total. The van der Waals surface area contributed by atoms with E-state index < -0.39 is 10.0 Å². The number of aryl methyl sites for hydroxylation is 1. The molecule has 0 aromatic heterocycles. The summed E-state index contributed by atoms with van der Waals surface area (Å²) in [5.41, 5.74) is 3.23. The molecule has 0 aliphatic carbocycles. The van der Waals surface area contributed by atoms with Crippen LogP contribution in [0, 0.1) is 6.92 Å². The van der Waals surface area contributed by atoms with Crippen LogP contribution in [0.5, 0.6) is 0 Å². The predicted molar refractivity (Wildman–Crippen MR) is 111 cm³/mol. The minimum absolute atomic E-state index is 0.0571. The molecule has 0 fully saturated rings. The number of hydrogen-bond donors (Lipinski definition) is 2. The van der Waals surface area contributed by atoms with Crippen LogP contribution < -0.4 is 10.0 Å². The van der Waals surface area contributed by atoms with Crippen LogP contribution in [0.4, 0.5) is 0 Å². The Balaban J connectivity index is 1.98. The first-order valence-corrected chi connectivity index (χ1v) is 11.6. The molecule has 7 heteroatoms. The smallest absolute Gasteiger partial charge is 0.251 e. The van der Waals surface area contributed by atoms with E-state index in [2.05, 4.69) is 10.0 Å². The first-order chi connectivity index (χ1) is 12.7. The minimum Gasteiger partial charge on any atom is -0.348 e. The molecule has 0 spiro atoms.